The van der Waals surface area contributed by atoms with E-state index in [4.69, 9.17) is 14.2 Å². The van der Waals surface area contributed by atoms with Crippen LogP contribution in [-0.2, 0) is 14.3 Å². The Morgan fingerprint density at radius 1 is 1.00 bits per heavy atom. The summed E-state index contributed by atoms with van der Waals surface area (Å²) in [6.07, 6.45) is 2.40. The molecule has 1 aliphatic heterocycles. The molecule has 1 heterocycles. The molecule has 0 spiro atoms. The van der Waals surface area contributed by atoms with Gasteiger partial charge in [-0.2, -0.15) is 0 Å². The molecular weight excluding hydrogens is 384 g/mol. The van der Waals surface area contributed by atoms with Crippen LogP contribution in [-0.4, -0.2) is 45.3 Å². The van der Waals surface area contributed by atoms with Gasteiger partial charge in [-0.15, -0.1) is 0 Å². The highest BCUT2D eigenvalue weighted by atomic mass is 16.6. The summed E-state index contributed by atoms with van der Waals surface area (Å²) < 4.78 is 15.5. The standard InChI is InChI=1S/C23H28N2O5/c1-17-11-13-25(14-12-17)19-9-7-18(8-10-19)24-22(26)15-30-23(27)16-29-21-6-4-3-5-20(21)28-2/h3-10,17H,11-16H2,1-2H3,(H,24,26). The van der Waals surface area contributed by atoms with Crippen molar-refractivity contribution in [3.63, 3.8) is 0 Å². The molecule has 1 fully saturated rings. The molecule has 1 saturated heterocycles. The van der Waals surface area contributed by atoms with E-state index in [1.807, 2.05) is 24.3 Å². The summed E-state index contributed by atoms with van der Waals surface area (Å²) in [6.45, 7) is 3.71. The summed E-state index contributed by atoms with van der Waals surface area (Å²) in [4.78, 5) is 26.3. The third kappa shape index (κ3) is 6.14. The lowest BCUT2D eigenvalue weighted by atomic mass is 9.99. The number of esters is 1. The Morgan fingerprint density at radius 3 is 2.33 bits per heavy atom. The molecule has 160 valence electrons. The molecule has 7 heteroatoms. The highest BCUT2D eigenvalue weighted by Gasteiger charge is 2.16. The second kappa shape index (κ2) is 10.5. The zero-order valence-electron chi connectivity index (χ0n) is 17.4. The van der Waals surface area contributed by atoms with Gasteiger partial charge in [-0.3, -0.25) is 4.79 Å². The van der Waals surface area contributed by atoms with Crippen molar-refractivity contribution in [2.24, 2.45) is 5.92 Å². The Hall–Kier alpha value is -3.22. The van der Waals surface area contributed by atoms with Gasteiger partial charge in [0.05, 0.1) is 7.11 Å². The number of hydrogen-bond donors (Lipinski definition) is 1. The fourth-order valence-corrected chi connectivity index (χ4v) is 3.28. The number of benzene rings is 2. The average Bonchev–Trinajstić information content (AvgIpc) is 2.77. The van der Waals surface area contributed by atoms with Crippen LogP contribution in [0.3, 0.4) is 0 Å². The molecule has 3 rings (SSSR count). The third-order valence-corrected chi connectivity index (χ3v) is 5.08. The van der Waals surface area contributed by atoms with Gasteiger partial charge in [0.1, 0.15) is 0 Å². The molecule has 0 unspecified atom stereocenters. The van der Waals surface area contributed by atoms with Gasteiger partial charge >= 0.3 is 5.97 Å². The van der Waals surface area contributed by atoms with Gasteiger partial charge in [-0.25, -0.2) is 4.79 Å². The van der Waals surface area contributed by atoms with Crippen molar-refractivity contribution in [2.45, 2.75) is 19.8 Å². The van der Waals surface area contributed by atoms with Crippen LogP contribution < -0.4 is 19.7 Å². The highest BCUT2D eigenvalue weighted by molar-refractivity contribution is 5.93. The van der Waals surface area contributed by atoms with Crippen LogP contribution in [0.2, 0.25) is 0 Å². The topological polar surface area (TPSA) is 77.1 Å². The van der Waals surface area contributed by atoms with Gasteiger partial charge in [-0.1, -0.05) is 19.1 Å². The molecular formula is C23H28N2O5. The lowest BCUT2D eigenvalue weighted by Gasteiger charge is -2.32. The SMILES string of the molecule is COc1ccccc1OCC(=O)OCC(=O)Nc1ccc(N2CCC(C)CC2)cc1. The van der Waals surface area contributed by atoms with Crippen LogP contribution in [0, 0.1) is 5.92 Å². The number of nitrogens with zero attached hydrogens (tertiary/aromatic N) is 1. The number of carbonyl (C=O) groups excluding carboxylic acids is 2. The van der Waals surface area contributed by atoms with Gasteiger partial charge in [0, 0.05) is 24.5 Å². The van der Waals surface area contributed by atoms with Crippen molar-refractivity contribution in [3.05, 3.63) is 48.5 Å². The summed E-state index contributed by atoms with van der Waals surface area (Å²) in [7, 11) is 1.52. The number of anilines is 2. The van der Waals surface area contributed by atoms with Gasteiger partial charge in [0.2, 0.25) is 0 Å². The predicted octanol–water partition coefficient (Wildman–Crippen LogP) is 3.49. The number of methoxy groups -OCH3 is 1. The lowest BCUT2D eigenvalue weighted by molar-refractivity contribution is -0.149. The Morgan fingerprint density at radius 2 is 1.67 bits per heavy atom. The fraction of sp³-hybridized carbons (Fsp3) is 0.391. The van der Waals surface area contributed by atoms with Crippen LogP contribution in [0.15, 0.2) is 48.5 Å². The summed E-state index contributed by atoms with van der Waals surface area (Å²) in [5, 5.41) is 2.73. The summed E-state index contributed by atoms with van der Waals surface area (Å²) in [5.41, 5.74) is 1.82. The largest absolute Gasteiger partial charge is 0.493 e. The van der Waals surface area contributed by atoms with Crippen molar-refractivity contribution in [1.82, 2.24) is 0 Å². The maximum absolute atomic E-state index is 12.1. The minimum absolute atomic E-state index is 0.309. The first kappa shape index (κ1) is 21.5. The Balaban J connectivity index is 1.40. The molecule has 0 aromatic heterocycles. The number of piperidine rings is 1. The van der Waals surface area contributed by atoms with E-state index in [2.05, 4.69) is 17.1 Å². The molecule has 0 bridgehead atoms. The number of hydrogen-bond acceptors (Lipinski definition) is 6. The Bertz CT molecular complexity index is 845. The molecule has 7 nitrogen and oxygen atoms in total. The van der Waals surface area contributed by atoms with E-state index in [0.29, 0.717) is 17.2 Å². The van der Waals surface area contributed by atoms with E-state index < -0.39 is 11.9 Å². The molecule has 0 saturated carbocycles. The smallest absolute Gasteiger partial charge is 0.344 e. The normalized spacial score (nSPS) is 14.1. The van der Waals surface area contributed by atoms with Crippen molar-refractivity contribution < 1.29 is 23.8 Å². The van der Waals surface area contributed by atoms with Crippen molar-refractivity contribution in [3.8, 4) is 11.5 Å². The van der Waals surface area contributed by atoms with Gasteiger partial charge in [0.25, 0.3) is 5.91 Å². The number of nitrogens with one attached hydrogen (secondary N) is 1. The number of ether oxygens (including phenoxy) is 3. The van der Waals surface area contributed by atoms with Crippen LogP contribution in [0.1, 0.15) is 19.8 Å². The number of carbonyl (C=O) groups is 2. The predicted molar refractivity (Wildman–Crippen MR) is 115 cm³/mol. The second-order valence-corrected chi connectivity index (χ2v) is 7.36. The molecule has 1 N–H and O–H groups in total. The maximum atomic E-state index is 12.1. The fourth-order valence-electron chi connectivity index (χ4n) is 3.28. The van der Waals surface area contributed by atoms with Crippen molar-refractivity contribution >= 4 is 23.3 Å². The first-order chi connectivity index (χ1) is 14.5. The monoisotopic (exact) mass is 412 g/mol. The number of amides is 1. The van der Waals surface area contributed by atoms with E-state index in [0.717, 1.165) is 24.7 Å². The number of rotatable bonds is 8. The summed E-state index contributed by atoms with van der Waals surface area (Å²) >= 11 is 0. The first-order valence-electron chi connectivity index (χ1n) is 10.1. The minimum atomic E-state index is -0.634. The first-order valence-corrected chi connectivity index (χ1v) is 10.1. The van der Waals surface area contributed by atoms with E-state index in [1.54, 1.807) is 24.3 Å². The van der Waals surface area contributed by atoms with Crippen molar-refractivity contribution in [1.29, 1.82) is 0 Å². The zero-order chi connectivity index (χ0) is 21.3. The van der Waals surface area contributed by atoms with Crippen LogP contribution in [0.25, 0.3) is 0 Å². The average molecular weight is 412 g/mol. The van der Waals surface area contributed by atoms with Crippen LogP contribution >= 0.6 is 0 Å². The Labute approximate surface area is 176 Å². The quantitative estimate of drug-likeness (QED) is 0.669. The highest BCUT2D eigenvalue weighted by Crippen LogP contribution is 2.26. The summed E-state index contributed by atoms with van der Waals surface area (Å²) in [6, 6.07) is 14.7. The third-order valence-electron chi connectivity index (χ3n) is 5.08. The second-order valence-electron chi connectivity index (χ2n) is 7.36. The molecule has 1 amide bonds. The zero-order valence-corrected chi connectivity index (χ0v) is 17.4. The molecule has 0 aliphatic carbocycles. The van der Waals surface area contributed by atoms with Gasteiger partial charge in [0.15, 0.2) is 24.7 Å². The van der Waals surface area contributed by atoms with E-state index in [1.165, 1.54) is 20.0 Å². The van der Waals surface area contributed by atoms with E-state index >= 15 is 0 Å². The molecule has 2 aromatic carbocycles. The molecule has 30 heavy (non-hydrogen) atoms. The molecule has 0 radical (unpaired) electrons. The minimum Gasteiger partial charge on any atom is -0.493 e. The van der Waals surface area contributed by atoms with Gasteiger partial charge < -0.3 is 24.4 Å². The lowest BCUT2D eigenvalue weighted by Crippen LogP contribution is -2.32. The Kier molecular flexibility index (Phi) is 7.54. The van der Waals surface area contributed by atoms with Gasteiger partial charge in [-0.05, 0) is 55.2 Å². The molecule has 1 aliphatic rings. The maximum Gasteiger partial charge on any atom is 0.344 e. The van der Waals surface area contributed by atoms with E-state index in [9.17, 15) is 9.59 Å². The summed E-state index contributed by atoms with van der Waals surface area (Å²) in [5.74, 6) is 0.698. The molecule has 2 aromatic rings. The van der Waals surface area contributed by atoms with Crippen molar-refractivity contribution in [2.75, 3.05) is 43.6 Å². The van der Waals surface area contributed by atoms with Crippen LogP contribution in [0.4, 0.5) is 11.4 Å². The van der Waals surface area contributed by atoms with Crippen LogP contribution in [0.5, 0.6) is 11.5 Å². The molecule has 0 atom stereocenters. The van der Waals surface area contributed by atoms with E-state index in [-0.39, 0.29) is 13.2 Å². The number of para-hydroxylation sites is 2.